The molecule has 0 radical (unpaired) electrons. The van der Waals surface area contributed by atoms with Gasteiger partial charge in [0.25, 0.3) is 5.91 Å². The number of ether oxygens (including phenoxy) is 1. The van der Waals surface area contributed by atoms with Crippen molar-refractivity contribution < 1.29 is 14.3 Å². The molecule has 2 rings (SSSR count). The molecule has 0 bridgehead atoms. The Morgan fingerprint density at radius 1 is 1.19 bits per heavy atom. The molecule has 1 atom stereocenters. The highest BCUT2D eigenvalue weighted by molar-refractivity contribution is 6.30. The molecule has 0 saturated heterocycles. The normalized spacial score (nSPS) is 11.6. The van der Waals surface area contributed by atoms with E-state index in [4.69, 9.17) is 16.3 Å². The van der Waals surface area contributed by atoms with Gasteiger partial charge in [0.2, 0.25) is 5.91 Å². The average molecular weight is 389 g/mol. The molecule has 1 N–H and O–H groups in total. The largest absolute Gasteiger partial charge is 0.484 e. The number of amides is 2. The fraction of sp³-hybridized carbons (Fsp3) is 0.333. The van der Waals surface area contributed by atoms with Crippen molar-refractivity contribution in [3.8, 4) is 5.75 Å². The average Bonchev–Trinajstić information content (AvgIpc) is 2.65. The Morgan fingerprint density at radius 2 is 1.93 bits per heavy atom. The van der Waals surface area contributed by atoms with Crippen molar-refractivity contribution in [1.82, 2.24) is 10.2 Å². The predicted octanol–water partition coefficient (Wildman–Crippen LogP) is 3.58. The zero-order valence-electron chi connectivity index (χ0n) is 15.9. The highest BCUT2D eigenvalue weighted by atomic mass is 35.5. The summed E-state index contributed by atoms with van der Waals surface area (Å²) in [4.78, 5) is 26.7. The van der Waals surface area contributed by atoms with Gasteiger partial charge in [0.1, 0.15) is 11.8 Å². The van der Waals surface area contributed by atoms with Crippen LogP contribution in [0.15, 0.2) is 48.5 Å². The highest BCUT2D eigenvalue weighted by Crippen LogP contribution is 2.18. The van der Waals surface area contributed by atoms with Gasteiger partial charge in [-0.2, -0.15) is 0 Å². The van der Waals surface area contributed by atoms with Gasteiger partial charge in [0.15, 0.2) is 6.61 Å². The Labute approximate surface area is 165 Å². The van der Waals surface area contributed by atoms with Gasteiger partial charge < -0.3 is 15.0 Å². The number of aryl methyl sites for hydroxylation is 1. The number of carbonyl (C=O) groups excluding carboxylic acids is 2. The minimum Gasteiger partial charge on any atom is -0.484 e. The molecule has 0 aliphatic heterocycles. The maximum absolute atomic E-state index is 12.9. The third-order valence-corrected chi connectivity index (χ3v) is 4.51. The lowest BCUT2D eigenvalue weighted by Crippen LogP contribution is -2.49. The monoisotopic (exact) mass is 388 g/mol. The molecule has 0 saturated carbocycles. The number of likely N-dealkylation sites (N-methyl/N-ethyl adjacent to an activating group) is 1. The van der Waals surface area contributed by atoms with Gasteiger partial charge in [-0.25, -0.2) is 0 Å². The first-order valence-corrected chi connectivity index (χ1v) is 9.30. The van der Waals surface area contributed by atoms with Gasteiger partial charge in [0.05, 0.1) is 0 Å². The van der Waals surface area contributed by atoms with Crippen LogP contribution in [0.2, 0.25) is 5.02 Å². The number of carbonyl (C=O) groups is 2. The van der Waals surface area contributed by atoms with Gasteiger partial charge in [-0.1, -0.05) is 41.9 Å². The van der Waals surface area contributed by atoms with Gasteiger partial charge in [0, 0.05) is 18.1 Å². The van der Waals surface area contributed by atoms with E-state index in [1.165, 1.54) is 4.90 Å². The number of hydrogen-bond acceptors (Lipinski definition) is 3. The molecule has 0 aromatic heterocycles. The second kappa shape index (κ2) is 9.97. The summed E-state index contributed by atoms with van der Waals surface area (Å²) in [6, 6.07) is 14.1. The van der Waals surface area contributed by atoms with E-state index in [-0.39, 0.29) is 18.4 Å². The first kappa shape index (κ1) is 20.8. The zero-order valence-corrected chi connectivity index (χ0v) is 16.6. The summed E-state index contributed by atoms with van der Waals surface area (Å²) in [6.07, 6.45) is 0. The van der Waals surface area contributed by atoms with Crippen molar-refractivity contribution in [1.29, 1.82) is 0 Å². The summed E-state index contributed by atoms with van der Waals surface area (Å²) >= 11 is 5.95. The molecular weight excluding hydrogens is 364 g/mol. The second-order valence-corrected chi connectivity index (χ2v) is 6.70. The van der Waals surface area contributed by atoms with Crippen LogP contribution in [0.1, 0.15) is 25.0 Å². The first-order valence-electron chi connectivity index (χ1n) is 8.92. The summed E-state index contributed by atoms with van der Waals surface area (Å²) in [5.74, 6) is 0.0523. The van der Waals surface area contributed by atoms with Crippen molar-refractivity contribution in [3.05, 3.63) is 64.7 Å². The lowest BCUT2D eigenvalue weighted by molar-refractivity contribution is -0.142. The van der Waals surface area contributed by atoms with Crippen LogP contribution in [0, 0.1) is 6.92 Å². The molecule has 2 aromatic rings. The summed E-state index contributed by atoms with van der Waals surface area (Å²) in [5.41, 5.74) is 2.05. The van der Waals surface area contributed by atoms with Crippen LogP contribution >= 0.6 is 11.6 Å². The Bertz CT molecular complexity index is 795. The Kier molecular flexibility index (Phi) is 7.67. The van der Waals surface area contributed by atoms with E-state index in [2.05, 4.69) is 5.32 Å². The molecule has 0 spiro atoms. The topological polar surface area (TPSA) is 58.6 Å². The van der Waals surface area contributed by atoms with E-state index in [0.29, 0.717) is 23.9 Å². The minimum absolute atomic E-state index is 0.171. The molecule has 27 heavy (non-hydrogen) atoms. The third-order valence-electron chi connectivity index (χ3n) is 4.28. The lowest BCUT2D eigenvalue weighted by Gasteiger charge is -2.29. The molecule has 6 heteroatoms. The van der Waals surface area contributed by atoms with Crippen LogP contribution in [0.4, 0.5) is 0 Å². The maximum atomic E-state index is 12.9. The summed E-state index contributed by atoms with van der Waals surface area (Å²) in [7, 11) is 0. The standard InChI is InChI=1S/C21H25ClN2O3/c1-4-23-21(26)16(3)24(13-17-9-6-5-8-15(17)2)20(25)14-27-19-11-7-10-18(22)12-19/h5-12,16H,4,13-14H2,1-3H3,(H,23,26). The Hall–Kier alpha value is -2.53. The quantitative estimate of drug-likeness (QED) is 0.751. The third kappa shape index (κ3) is 6.00. The van der Waals surface area contributed by atoms with Gasteiger partial charge >= 0.3 is 0 Å². The van der Waals surface area contributed by atoms with Gasteiger partial charge in [-0.15, -0.1) is 0 Å². The molecule has 0 aliphatic rings. The lowest BCUT2D eigenvalue weighted by atomic mass is 10.1. The van der Waals surface area contributed by atoms with E-state index in [0.717, 1.165) is 11.1 Å². The Balaban J connectivity index is 2.15. The first-order chi connectivity index (χ1) is 12.9. The van der Waals surface area contributed by atoms with E-state index in [9.17, 15) is 9.59 Å². The Morgan fingerprint density at radius 3 is 2.59 bits per heavy atom. The van der Waals surface area contributed by atoms with Gasteiger partial charge in [-0.05, 0) is 50.1 Å². The van der Waals surface area contributed by atoms with Crippen LogP contribution < -0.4 is 10.1 Å². The van der Waals surface area contributed by atoms with E-state index in [1.807, 2.05) is 38.1 Å². The molecule has 0 fully saturated rings. The van der Waals surface area contributed by atoms with Crippen molar-refractivity contribution in [2.24, 2.45) is 0 Å². The highest BCUT2D eigenvalue weighted by Gasteiger charge is 2.26. The van der Waals surface area contributed by atoms with Gasteiger partial charge in [-0.3, -0.25) is 9.59 Å². The molecule has 5 nitrogen and oxygen atoms in total. The van der Waals surface area contributed by atoms with Crippen LogP contribution in [0.25, 0.3) is 0 Å². The zero-order chi connectivity index (χ0) is 19.8. The molecule has 2 aromatic carbocycles. The van der Waals surface area contributed by atoms with E-state index < -0.39 is 6.04 Å². The van der Waals surface area contributed by atoms with Crippen molar-refractivity contribution >= 4 is 23.4 Å². The molecule has 144 valence electrons. The van der Waals surface area contributed by atoms with Crippen molar-refractivity contribution in [2.75, 3.05) is 13.2 Å². The van der Waals surface area contributed by atoms with Crippen molar-refractivity contribution in [3.63, 3.8) is 0 Å². The number of halogens is 1. The second-order valence-electron chi connectivity index (χ2n) is 6.26. The summed E-state index contributed by atoms with van der Waals surface area (Å²) in [6.45, 7) is 6.23. The molecule has 0 heterocycles. The fourth-order valence-corrected chi connectivity index (χ4v) is 2.84. The molecule has 2 amide bonds. The predicted molar refractivity (Wildman–Crippen MR) is 107 cm³/mol. The van der Waals surface area contributed by atoms with Crippen LogP contribution in [0.3, 0.4) is 0 Å². The summed E-state index contributed by atoms with van der Waals surface area (Å²) in [5, 5.41) is 3.31. The SMILES string of the molecule is CCNC(=O)C(C)N(Cc1ccccc1C)C(=O)COc1cccc(Cl)c1. The number of hydrogen-bond donors (Lipinski definition) is 1. The van der Waals surface area contributed by atoms with Crippen LogP contribution in [0.5, 0.6) is 5.75 Å². The minimum atomic E-state index is -0.611. The molecule has 0 aliphatic carbocycles. The van der Waals surface area contributed by atoms with Crippen LogP contribution in [-0.2, 0) is 16.1 Å². The number of benzene rings is 2. The van der Waals surface area contributed by atoms with Crippen LogP contribution in [-0.4, -0.2) is 35.9 Å². The molecule has 1 unspecified atom stereocenters. The number of nitrogens with zero attached hydrogens (tertiary/aromatic N) is 1. The summed E-state index contributed by atoms with van der Waals surface area (Å²) < 4.78 is 5.58. The van der Waals surface area contributed by atoms with E-state index in [1.54, 1.807) is 31.2 Å². The molecular formula is C21H25ClN2O3. The smallest absolute Gasteiger partial charge is 0.261 e. The fourth-order valence-electron chi connectivity index (χ4n) is 2.66. The number of rotatable bonds is 8. The van der Waals surface area contributed by atoms with E-state index >= 15 is 0 Å². The maximum Gasteiger partial charge on any atom is 0.261 e. The number of nitrogens with one attached hydrogen (secondary N) is 1. The van der Waals surface area contributed by atoms with Crippen molar-refractivity contribution in [2.45, 2.75) is 33.4 Å².